The topological polar surface area (TPSA) is 42.4 Å². The van der Waals surface area contributed by atoms with E-state index in [9.17, 15) is 4.79 Å². The molecule has 0 saturated carbocycles. The van der Waals surface area contributed by atoms with Crippen LogP contribution in [0.5, 0.6) is 0 Å². The number of ether oxygens (including phenoxy) is 1. The van der Waals surface area contributed by atoms with Crippen molar-refractivity contribution in [2.45, 2.75) is 19.1 Å². The molecule has 1 aliphatic heterocycles. The van der Waals surface area contributed by atoms with Crippen molar-refractivity contribution in [3.63, 3.8) is 0 Å². The number of pyridine rings is 1. The lowest BCUT2D eigenvalue weighted by molar-refractivity contribution is -0.125. The minimum atomic E-state index is 0.0157. The van der Waals surface area contributed by atoms with Crippen LogP contribution in [0.4, 0.5) is 0 Å². The molecule has 0 radical (unpaired) electrons. The first-order chi connectivity index (χ1) is 14.7. The second kappa shape index (κ2) is 9.70. The Morgan fingerprint density at radius 1 is 1.10 bits per heavy atom. The molecular formula is C25H23ClN2O2. The summed E-state index contributed by atoms with van der Waals surface area (Å²) in [6.07, 6.45) is 7.96. The van der Waals surface area contributed by atoms with E-state index in [1.165, 1.54) is 0 Å². The number of carbonyl (C=O) groups is 1. The Morgan fingerprint density at radius 3 is 2.70 bits per heavy atom. The molecule has 4 rings (SSSR count). The van der Waals surface area contributed by atoms with E-state index in [1.807, 2.05) is 65.6 Å². The van der Waals surface area contributed by atoms with E-state index in [1.54, 1.807) is 18.5 Å². The van der Waals surface area contributed by atoms with Gasteiger partial charge in [-0.2, -0.15) is 0 Å². The van der Waals surface area contributed by atoms with Gasteiger partial charge in [-0.05, 0) is 65.1 Å². The Morgan fingerprint density at radius 2 is 1.90 bits per heavy atom. The van der Waals surface area contributed by atoms with Gasteiger partial charge >= 0.3 is 0 Å². The third kappa shape index (κ3) is 5.35. The van der Waals surface area contributed by atoms with Crippen molar-refractivity contribution in [3.05, 3.63) is 95.3 Å². The second-order valence-electron chi connectivity index (χ2n) is 7.33. The highest BCUT2D eigenvalue weighted by molar-refractivity contribution is 6.30. The molecule has 1 aliphatic rings. The SMILES string of the molecule is O=C(/C=C/c1cccc(-c2ccc(Cl)cc2)c1)N1CCC(OCc2ccncc2)C1. The maximum Gasteiger partial charge on any atom is 0.246 e. The van der Waals surface area contributed by atoms with Gasteiger partial charge in [-0.1, -0.05) is 41.9 Å². The maximum atomic E-state index is 12.6. The molecular weight excluding hydrogens is 396 g/mol. The Balaban J connectivity index is 1.33. The molecule has 1 saturated heterocycles. The fourth-order valence-electron chi connectivity index (χ4n) is 3.49. The summed E-state index contributed by atoms with van der Waals surface area (Å²) in [4.78, 5) is 18.4. The lowest BCUT2D eigenvalue weighted by Crippen LogP contribution is -2.28. The van der Waals surface area contributed by atoms with Crippen LogP contribution >= 0.6 is 11.6 Å². The maximum absolute atomic E-state index is 12.6. The molecule has 1 unspecified atom stereocenters. The summed E-state index contributed by atoms with van der Waals surface area (Å²) < 4.78 is 5.95. The third-order valence-corrected chi connectivity index (χ3v) is 5.43. The van der Waals surface area contributed by atoms with Crippen molar-refractivity contribution in [3.8, 4) is 11.1 Å². The van der Waals surface area contributed by atoms with Crippen LogP contribution in [0.25, 0.3) is 17.2 Å². The largest absolute Gasteiger partial charge is 0.372 e. The summed E-state index contributed by atoms with van der Waals surface area (Å²) in [5.41, 5.74) is 4.26. The standard InChI is InChI=1S/C25H23ClN2O2/c26-23-7-5-21(6-8-23)22-3-1-2-19(16-22)4-9-25(29)28-15-12-24(17-28)30-18-20-10-13-27-14-11-20/h1-11,13-14,16,24H,12,15,17-18H2/b9-4+. The lowest BCUT2D eigenvalue weighted by Gasteiger charge is -2.15. The third-order valence-electron chi connectivity index (χ3n) is 5.17. The van der Waals surface area contributed by atoms with Gasteiger partial charge in [0.1, 0.15) is 0 Å². The molecule has 2 aromatic carbocycles. The van der Waals surface area contributed by atoms with Crippen molar-refractivity contribution < 1.29 is 9.53 Å². The zero-order chi connectivity index (χ0) is 20.8. The van der Waals surface area contributed by atoms with Gasteiger partial charge in [0.15, 0.2) is 0 Å². The molecule has 0 spiro atoms. The summed E-state index contributed by atoms with van der Waals surface area (Å²) in [6.45, 7) is 1.89. The van der Waals surface area contributed by atoms with E-state index in [2.05, 4.69) is 11.1 Å². The van der Waals surface area contributed by atoms with Gasteiger partial charge in [0.25, 0.3) is 0 Å². The molecule has 1 aromatic heterocycles. The van der Waals surface area contributed by atoms with Gasteiger partial charge in [-0.15, -0.1) is 0 Å². The average Bonchev–Trinajstić information content (AvgIpc) is 3.27. The zero-order valence-electron chi connectivity index (χ0n) is 16.6. The highest BCUT2D eigenvalue weighted by Crippen LogP contribution is 2.23. The van der Waals surface area contributed by atoms with Crippen LogP contribution in [-0.2, 0) is 16.1 Å². The molecule has 0 N–H and O–H groups in total. The zero-order valence-corrected chi connectivity index (χ0v) is 17.3. The van der Waals surface area contributed by atoms with Crippen molar-refractivity contribution in [2.24, 2.45) is 0 Å². The van der Waals surface area contributed by atoms with Crippen molar-refractivity contribution in [2.75, 3.05) is 13.1 Å². The summed E-state index contributed by atoms with van der Waals surface area (Å²) in [5, 5.41) is 0.717. The number of rotatable bonds is 6. The van der Waals surface area contributed by atoms with Gasteiger partial charge in [0, 0.05) is 36.6 Å². The number of benzene rings is 2. The number of carbonyl (C=O) groups excluding carboxylic acids is 1. The molecule has 30 heavy (non-hydrogen) atoms. The summed E-state index contributed by atoms with van der Waals surface area (Å²) in [7, 11) is 0. The molecule has 5 heteroatoms. The van der Waals surface area contributed by atoms with Crippen molar-refractivity contribution >= 4 is 23.6 Å². The Kier molecular flexibility index (Phi) is 6.57. The molecule has 1 fully saturated rings. The number of hydrogen-bond donors (Lipinski definition) is 0. The summed E-state index contributed by atoms with van der Waals surface area (Å²) >= 11 is 5.97. The molecule has 2 heterocycles. The Hall–Kier alpha value is -2.95. The fourth-order valence-corrected chi connectivity index (χ4v) is 3.62. The highest BCUT2D eigenvalue weighted by Gasteiger charge is 2.25. The Bertz CT molecular complexity index is 1020. The number of likely N-dealkylation sites (tertiary alicyclic amines) is 1. The first-order valence-electron chi connectivity index (χ1n) is 10.0. The van der Waals surface area contributed by atoms with Crippen LogP contribution in [0.15, 0.2) is 79.1 Å². The second-order valence-corrected chi connectivity index (χ2v) is 7.76. The minimum Gasteiger partial charge on any atom is -0.372 e. The van der Waals surface area contributed by atoms with Crippen LogP contribution in [0.2, 0.25) is 5.02 Å². The van der Waals surface area contributed by atoms with E-state index in [0.717, 1.165) is 35.2 Å². The fraction of sp³-hybridized carbons (Fsp3) is 0.200. The number of amides is 1. The summed E-state index contributed by atoms with van der Waals surface area (Å²) in [5.74, 6) is 0.0157. The quantitative estimate of drug-likeness (QED) is 0.514. The molecule has 0 bridgehead atoms. The number of aromatic nitrogens is 1. The molecule has 0 aliphatic carbocycles. The minimum absolute atomic E-state index is 0.0157. The number of nitrogens with zero attached hydrogens (tertiary/aromatic N) is 2. The van der Waals surface area contributed by atoms with Gasteiger partial charge in [0.2, 0.25) is 5.91 Å². The van der Waals surface area contributed by atoms with Crippen LogP contribution in [0.3, 0.4) is 0 Å². The first-order valence-corrected chi connectivity index (χ1v) is 10.4. The van der Waals surface area contributed by atoms with E-state index < -0.39 is 0 Å². The predicted molar refractivity (Wildman–Crippen MR) is 120 cm³/mol. The molecule has 3 aromatic rings. The molecule has 152 valence electrons. The van der Waals surface area contributed by atoms with Crippen LogP contribution in [0.1, 0.15) is 17.5 Å². The van der Waals surface area contributed by atoms with Crippen LogP contribution in [-0.4, -0.2) is 35.0 Å². The number of halogens is 1. The average molecular weight is 419 g/mol. The molecule has 1 atom stereocenters. The van der Waals surface area contributed by atoms with E-state index in [4.69, 9.17) is 16.3 Å². The van der Waals surface area contributed by atoms with Gasteiger partial charge in [-0.3, -0.25) is 9.78 Å². The molecule has 4 nitrogen and oxygen atoms in total. The molecule has 1 amide bonds. The highest BCUT2D eigenvalue weighted by atomic mass is 35.5. The van der Waals surface area contributed by atoms with E-state index >= 15 is 0 Å². The Labute approximate surface area is 181 Å². The van der Waals surface area contributed by atoms with Crippen molar-refractivity contribution in [1.82, 2.24) is 9.88 Å². The summed E-state index contributed by atoms with van der Waals surface area (Å²) in [6, 6.07) is 19.7. The smallest absolute Gasteiger partial charge is 0.246 e. The number of hydrogen-bond acceptors (Lipinski definition) is 3. The van der Waals surface area contributed by atoms with Gasteiger partial charge in [-0.25, -0.2) is 0 Å². The van der Waals surface area contributed by atoms with Gasteiger partial charge in [0.05, 0.1) is 12.7 Å². The monoisotopic (exact) mass is 418 g/mol. The van der Waals surface area contributed by atoms with Crippen molar-refractivity contribution in [1.29, 1.82) is 0 Å². The normalized spacial score (nSPS) is 16.3. The van der Waals surface area contributed by atoms with Crippen LogP contribution < -0.4 is 0 Å². The first kappa shape index (κ1) is 20.3. The lowest BCUT2D eigenvalue weighted by atomic mass is 10.0. The van der Waals surface area contributed by atoms with E-state index in [-0.39, 0.29) is 12.0 Å². The van der Waals surface area contributed by atoms with Gasteiger partial charge < -0.3 is 9.64 Å². The predicted octanol–water partition coefficient (Wildman–Crippen LogP) is 5.23. The van der Waals surface area contributed by atoms with Crippen LogP contribution in [0, 0.1) is 0 Å². The van der Waals surface area contributed by atoms with E-state index in [0.29, 0.717) is 18.2 Å².